The van der Waals surface area contributed by atoms with Crippen molar-refractivity contribution >= 4 is 17.7 Å². The fraction of sp³-hybridized carbons (Fsp3) is 0.500. The smallest absolute Gasteiger partial charge is 0.261 e. The first kappa shape index (κ1) is 17.6. The van der Waals surface area contributed by atoms with Crippen LogP contribution in [0.5, 0.6) is 0 Å². The van der Waals surface area contributed by atoms with Crippen LogP contribution < -0.4 is 10.6 Å². The minimum absolute atomic E-state index is 0.143. The van der Waals surface area contributed by atoms with Crippen LogP contribution in [0.2, 0.25) is 0 Å². The van der Waals surface area contributed by atoms with Gasteiger partial charge in [0.2, 0.25) is 0 Å². The highest BCUT2D eigenvalue weighted by molar-refractivity contribution is 6.22. The lowest BCUT2D eigenvalue weighted by Crippen LogP contribution is -2.42. The highest BCUT2D eigenvalue weighted by Gasteiger charge is 2.35. The normalized spacial score (nSPS) is 17.7. The molecule has 3 amide bonds. The molecule has 1 fully saturated rings. The zero-order valence-corrected chi connectivity index (χ0v) is 14.3. The van der Waals surface area contributed by atoms with Gasteiger partial charge in [0.25, 0.3) is 17.7 Å². The van der Waals surface area contributed by atoms with Crippen molar-refractivity contribution in [3.63, 3.8) is 0 Å². The van der Waals surface area contributed by atoms with Crippen LogP contribution in [0.15, 0.2) is 18.2 Å². The van der Waals surface area contributed by atoms with Crippen molar-refractivity contribution in [1.29, 1.82) is 0 Å². The molecule has 3 rings (SSSR count). The summed E-state index contributed by atoms with van der Waals surface area (Å²) >= 11 is 0. The first-order valence-corrected chi connectivity index (χ1v) is 8.62. The van der Waals surface area contributed by atoms with Gasteiger partial charge in [-0.05, 0) is 50.6 Å². The Morgan fingerprint density at radius 1 is 1.24 bits per heavy atom. The molecule has 134 valence electrons. The van der Waals surface area contributed by atoms with Gasteiger partial charge in [0, 0.05) is 31.9 Å². The van der Waals surface area contributed by atoms with Crippen molar-refractivity contribution in [2.45, 2.75) is 25.3 Å². The molecule has 2 aliphatic heterocycles. The number of nitrogens with zero attached hydrogens (tertiary/aromatic N) is 1. The minimum atomic E-state index is -0.340. The Kier molecular flexibility index (Phi) is 5.45. The second kappa shape index (κ2) is 7.76. The van der Waals surface area contributed by atoms with Gasteiger partial charge in [0.05, 0.1) is 11.1 Å². The van der Waals surface area contributed by atoms with Crippen molar-refractivity contribution < 1.29 is 19.1 Å². The molecule has 7 heteroatoms. The van der Waals surface area contributed by atoms with Crippen molar-refractivity contribution in [2.24, 2.45) is 0 Å². The van der Waals surface area contributed by atoms with Crippen LogP contribution >= 0.6 is 0 Å². The van der Waals surface area contributed by atoms with Crippen LogP contribution in [0.3, 0.4) is 0 Å². The fourth-order valence-electron chi connectivity index (χ4n) is 3.24. The topological polar surface area (TPSA) is 87.7 Å². The van der Waals surface area contributed by atoms with Gasteiger partial charge in [-0.1, -0.05) is 0 Å². The van der Waals surface area contributed by atoms with E-state index in [1.54, 1.807) is 19.2 Å². The number of amides is 3. The lowest BCUT2D eigenvalue weighted by molar-refractivity contribution is 0.0638. The third-order valence-electron chi connectivity index (χ3n) is 4.64. The maximum atomic E-state index is 12.5. The summed E-state index contributed by atoms with van der Waals surface area (Å²) in [5.41, 5.74) is 1.08. The predicted molar refractivity (Wildman–Crippen MR) is 91.7 cm³/mol. The number of carbonyl (C=O) groups excluding carboxylic acids is 3. The summed E-state index contributed by atoms with van der Waals surface area (Å²) in [6.45, 7) is 2.57. The van der Waals surface area contributed by atoms with E-state index < -0.39 is 0 Å². The standard InChI is InChI=1S/C18H23N3O4/c1-25-10-2-9-21-17(23)14-4-3-12(11-15(14)18(21)24)16(22)20-13-5-7-19-8-6-13/h3-4,11,13,19H,2,5-10H2,1H3,(H,20,22). The summed E-state index contributed by atoms with van der Waals surface area (Å²) < 4.78 is 4.97. The molecule has 0 bridgehead atoms. The fourth-order valence-corrected chi connectivity index (χ4v) is 3.24. The zero-order valence-electron chi connectivity index (χ0n) is 14.3. The molecule has 0 atom stereocenters. The molecule has 0 aromatic heterocycles. The minimum Gasteiger partial charge on any atom is -0.385 e. The van der Waals surface area contributed by atoms with Gasteiger partial charge in [-0.15, -0.1) is 0 Å². The Balaban J connectivity index is 1.71. The zero-order chi connectivity index (χ0) is 17.8. The van der Waals surface area contributed by atoms with Crippen molar-refractivity contribution in [3.05, 3.63) is 34.9 Å². The van der Waals surface area contributed by atoms with Crippen LogP contribution in [0.25, 0.3) is 0 Å². The second-order valence-corrected chi connectivity index (χ2v) is 6.37. The Labute approximate surface area is 146 Å². The largest absolute Gasteiger partial charge is 0.385 e. The number of ether oxygens (including phenoxy) is 1. The number of methoxy groups -OCH3 is 1. The van der Waals surface area contributed by atoms with E-state index in [2.05, 4.69) is 10.6 Å². The summed E-state index contributed by atoms with van der Waals surface area (Å²) in [5, 5.41) is 6.25. The van der Waals surface area contributed by atoms with E-state index in [-0.39, 0.29) is 23.8 Å². The molecule has 1 aromatic rings. The van der Waals surface area contributed by atoms with E-state index in [0.29, 0.717) is 36.3 Å². The molecule has 1 saturated heterocycles. The van der Waals surface area contributed by atoms with Gasteiger partial charge in [-0.25, -0.2) is 0 Å². The molecule has 0 spiro atoms. The summed E-state index contributed by atoms with van der Waals surface area (Å²) in [6, 6.07) is 4.86. The number of nitrogens with one attached hydrogen (secondary N) is 2. The third kappa shape index (κ3) is 3.72. The predicted octanol–water partition coefficient (Wildman–Crippen LogP) is 0.801. The highest BCUT2D eigenvalue weighted by atomic mass is 16.5. The number of piperidine rings is 1. The van der Waals surface area contributed by atoms with Crippen LogP contribution in [-0.2, 0) is 4.74 Å². The molecule has 25 heavy (non-hydrogen) atoms. The average Bonchev–Trinajstić information content (AvgIpc) is 2.87. The monoisotopic (exact) mass is 345 g/mol. The number of fused-ring (bicyclic) bond motifs is 1. The molecule has 1 aromatic carbocycles. The Morgan fingerprint density at radius 2 is 1.96 bits per heavy atom. The van der Waals surface area contributed by atoms with Crippen molar-refractivity contribution in [3.8, 4) is 0 Å². The van der Waals surface area contributed by atoms with E-state index in [4.69, 9.17) is 4.74 Å². The first-order chi connectivity index (χ1) is 12.1. The van der Waals surface area contributed by atoms with Gasteiger partial charge in [0.1, 0.15) is 0 Å². The summed E-state index contributed by atoms with van der Waals surface area (Å²) in [5.74, 6) is -0.846. The number of carbonyl (C=O) groups is 3. The van der Waals surface area contributed by atoms with Gasteiger partial charge in [-0.3, -0.25) is 19.3 Å². The molecular formula is C18H23N3O4. The third-order valence-corrected chi connectivity index (χ3v) is 4.64. The van der Waals surface area contributed by atoms with Crippen LogP contribution in [0.1, 0.15) is 50.3 Å². The summed E-state index contributed by atoms with van der Waals surface area (Å²) in [4.78, 5) is 38.5. The van der Waals surface area contributed by atoms with Crippen molar-refractivity contribution in [1.82, 2.24) is 15.5 Å². The number of hydrogen-bond donors (Lipinski definition) is 2. The molecule has 0 unspecified atom stereocenters. The van der Waals surface area contributed by atoms with E-state index in [1.807, 2.05) is 0 Å². The molecule has 2 heterocycles. The van der Waals surface area contributed by atoms with Gasteiger partial charge >= 0.3 is 0 Å². The van der Waals surface area contributed by atoms with E-state index in [0.717, 1.165) is 25.9 Å². The molecular weight excluding hydrogens is 322 g/mol. The van der Waals surface area contributed by atoms with Gasteiger partial charge in [-0.2, -0.15) is 0 Å². The lowest BCUT2D eigenvalue weighted by Gasteiger charge is -2.23. The van der Waals surface area contributed by atoms with E-state index in [1.165, 1.54) is 11.0 Å². The number of benzene rings is 1. The number of hydrogen-bond acceptors (Lipinski definition) is 5. The quantitative estimate of drug-likeness (QED) is 0.588. The lowest BCUT2D eigenvalue weighted by atomic mass is 10.0. The van der Waals surface area contributed by atoms with Gasteiger partial charge in [0.15, 0.2) is 0 Å². The number of rotatable bonds is 6. The van der Waals surface area contributed by atoms with E-state index in [9.17, 15) is 14.4 Å². The molecule has 0 aliphatic carbocycles. The molecule has 0 saturated carbocycles. The Hall–Kier alpha value is -2.25. The highest BCUT2D eigenvalue weighted by Crippen LogP contribution is 2.24. The number of imide groups is 1. The van der Waals surface area contributed by atoms with Gasteiger partial charge < -0.3 is 15.4 Å². The molecule has 0 radical (unpaired) electrons. The van der Waals surface area contributed by atoms with Crippen LogP contribution in [-0.4, -0.2) is 62.0 Å². The summed E-state index contributed by atoms with van der Waals surface area (Å²) in [6.07, 6.45) is 2.37. The van der Waals surface area contributed by atoms with E-state index >= 15 is 0 Å². The van der Waals surface area contributed by atoms with Crippen LogP contribution in [0.4, 0.5) is 0 Å². The first-order valence-electron chi connectivity index (χ1n) is 8.62. The maximum Gasteiger partial charge on any atom is 0.261 e. The molecule has 2 N–H and O–H groups in total. The van der Waals surface area contributed by atoms with Crippen LogP contribution in [0, 0.1) is 0 Å². The second-order valence-electron chi connectivity index (χ2n) is 6.37. The maximum absolute atomic E-state index is 12.5. The Bertz CT molecular complexity index is 683. The molecule has 2 aliphatic rings. The summed E-state index contributed by atoms with van der Waals surface area (Å²) in [7, 11) is 1.58. The molecule has 7 nitrogen and oxygen atoms in total. The Morgan fingerprint density at radius 3 is 2.68 bits per heavy atom. The average molecular weight is 345 g/mol. The SMILES string of the molecule is COCCCN1C(=O)c2ccc(C(=O)NC3CCNCC3)cc2C1=O. The van der Waals surface area contributed by atoms with Crippen molar-refractivity contribution in [2.75, 3.05) is 33.4 Å².